The molecular weight excluding hydrogens is 244 g/mol. The van der Waals surface area contributed by atoms with Gasteiger partial charge >= 0.3 is 0 Å². The number of para-hydroxylation sites is 2. The van der Waals surface area contributed by atoms with Crippen LogP contribution < -0.4 is 9.47 Å². The van der Waals surface area contributed by atoms with Gasteiger partial charge in [-0.15, -0.1) is 0 Å². The Morgan fingerprint density at radius 2 is 1.58 bits per heavy atom. The summed E-state index contributed by atoms with van der Waals surface area (Å²) in [5, 5.41) is 10.2. The third-order valence-corrected chi connectivity index (χ3v) is 3.04. The van der Waals surface area contributed by atoms with E-state index < -0.39 is 11.9 Å². The lowest BCUT2D eigenvalue weighted by Crippen LogP contribution is -2.12. The van der Waals surface area contributed by atoms with E-state index in [-0.39, 0.29) is 6.79 Å². The molecular formula is C15H12O4. The first-order valence-corrected chi connectivity index (χ1v) is 5.93. The van der Waals surface area contributed by atoms with Gasteiger partial charge < -0.3 is 14.6 Å². The van der Waals surface area contributed by atoms with Crippen molar-refractivity contribution in [1.82, 2.24) is 0 Å². The van der Waals surface area contributed by atoms with Gasteiger partial charge in [-0.2, -0.15) is 0 Å². The molecule has 0 amide bonds. The van der Waals surface area contributed by atoms with Crippen LogP contribution in [0, 0.1) is 0 Å². The molecule has 0 unspecified atom stereocenters. The number of Topliss-reactive ketones (excluding diaryl/α,β-unsaturated/α-hetero) is 1. The summed E-state index contributed by atoms with van der Waals surface area (Å²) in [5.74, 6) is 0.476. The minimum atomic E-state index is -1.25. The van der Waals surface area contributed by atoms with Gasteiger partial charge in [-0.05, 0) is 18.2 Å². The number of aliphatic hydroxyl groups is 1. The summed E-state index contributed by atoms with van der Waals surface area (Å²) in [7, 11) is 0. The van der Waals surface area contributed by atoms with E-state index in [2.05, 4.69) is 0 Å². The molecule has 1 heterocycles. The number of carbonyl (C=O) groups is 1. The first kappa shape index (κ1) is 11.7. The lowest BCUT2D eigenvalue weighted by Gasteiger charge is -2.12. The van der Waals surface area contributed by atoms with Gasteiger partial charge in [0.05, 0.1) is 5.56 Å². The van der Waals surface area contributed by atoms with E-state index in [1.807, 2.05) is 0 Å². The second kappa shape index (κ2) is 4.74. The number of ketones is 1. The summed E-state index contributed by atoms with van der Waals surface area (Å²) in [6, 6.07) is 13.7. The van der Waals surface area contributed by atoms with Gasteiger partial charge in [-0.25, -0.2) is 0 Å². The maximum absolute atomic E-state index is 12.3. The van der Waals surface area contributed by atoms with Crippen LogP contribution in [0.3, 0.4) is 0 Å². The Morgan fingerprint density at radius 3 is 2.42 bits per heavy atom. The third kappa shape index (κ3) is 2.06. The van der Waals surface area contributed by atoms with Crippen molar-refractivity contribution in [3.8, 4) is 11.5 Å². The van der Waals surface area contributed by atoms with Crippen LogP contribution in [-0.4, -0.2) is 17.7 Å². The van der Waals surface area contributed by atoms with Crippen molar-refractivity contribution < 1.29 is 19.4 Å². The molecule has 0 aromatic heterocycles. The highest BCUT2D eigenvalue weighted by Gasteiger charge is 2.26. The minimum absolute atomic E-state index is 0.00593. The summed E-state index contributed by atoms with van der Waals surface area (Å²) < 4.78 is 10.9. The molecule has 0 aliphatic carbocycles. The Balaban J connectivity index is 2.11. The van der Waals surface area contributed by atoms with Crippen LogP contribution in [0.15, 0.2) is 48.5 Å². The van der Waals surface area contributed by atoms with E-state index >= 15 is 0 Å². The van der Waals surface area contributed by atoms with Crippen molar-refractivity contribution in [2.24, 2.45) is 0 Å². The predicted octanol–water partition coefficient (Wildman–Crippen LogP) is 2.33. The number of hydrogen-bond acceptors (Lipinski definition) is 4. The Kier molecular flexibility index (Phi) is 2.93. The van der Waals surface area contributed by atoms with Crippen molar-refractivity contribution in [1.29, 1.82) is 0 Å². The Hall–Kier alpha value is -2.33. The zero-order valence-corrected chi connectivity index (χ0v) is 10.1. The van der Waals surface area contributed by atoms with Crippen LogP contribution >= 0.6 is 0 Å². The number of benzene rings is 2. The number of rotatable bonds is 0. The first-order valence-electron chi connectivity index (χ1n) is 5.93. The van der Waals surface area contributed by atoms with Gasteiger partial charge in [0, 0.05) is 5.56 Å². The van der Waals surface area contributed by atoms with Crippen LogP contribution in [0.25, 0.3) is 0 Å². The van der Waals surface area contributed by atoms with Crippen molar-refractivity contribution in [2.75, 3.05) is 6.79 Å². The lowest BCUT2D eigenvalue weighted by molar-refractivity contribution is 0.0743. The molecule has 2 aromatic rings. The number of carbonyl (C=O) groups excluding carboxylic acids is 1. The molecule has 0 saturated carbocycles. The number of hydrogen-bond donors (Lipinski definition) is 1. The van der Waals surface area contributed by atoms with E-state index in [1.54, 1.807) is 48.5 Å². The van der Waals surface area contributed by atoms with Crippen molar-refractivity contribution in [2.45, 2.75) is 6.10 Å². The van der Waals surface area contributed by atoms with Gasteiger partial charge in [0.25, 0.3) is 0 Å². The van der Waals surface area contributed by atoms with Crippen molar-refractivity contribution in [3.63, 3.8) is 0 Å². The molecule has 0 spiro atoms. The second-order valence-electron chi connectivity index (χ2n) is 4.21. The molecule has 0 saturated heterocycles. The molecule has 96 valence electrons. The minimum Gasteiger partial charge on any atom is -0.457 e. The Morgan fingerprint density at radius 1 is 0.947 bits per heavy atom. The molecule has 4 nitrogen and oxygen atoms in total. The molecule has 2 aromatic carbocycles. The zero-order chi connectivity index (χ0) is 13.2. The van der Waals surface area contributed by atoms with Crippen LogP contribution in [0.4, 0.5) is 0 Å². The SMILES string of the molecule is O=C1c2ccccc2OCOc2ccccc2[C@@H]1O. The fraction of sp³-hybridized carbons (Fsp3) is 0.133. The molecule has 4 heteroatoms. The fourth-order valence-electron chi connectivity index (χ4n) is 2.08. The van der Waals surface area contributed by atoms with Gasteiger partial charge in [0.2, 0.25) is 6.79 Å². The average Bonchev–Trinajstić information content (AvgIpc) is 2.51. The maximum atomic E-state index is 12.3. The molecule has 0 fully saturated rings. The number of aliphatic hydroxyl groups excluding tert-OH is 1. The third-order valence-electron chi connectivity index (χ3n) is 3.04. The van der Waals surface area contributed by atoms with Crippen LogP contribution in [-0.2, 0) is 0 Å². The standard InChI is InChI=1S/C15H12O4/c16-14-10-5-1-3-7-12(10)18-9-19-13-8-4-2-6-11(13)15(14)17/h1-8,14,16H,9H2/t14-/m0/s1. The van der Waals surface area contributed by atoms with Crippen LogP contribution in [0.5, 0.6) is 11.5 Å². The lowest BCUT2D eigenvalue weighted by atomic mass is 9.99. The fourth-order valence-corrected chi connectivity index (χ4v) is 2.08. The molecule has 3 rings (SSSR count). The quantitative estimate of drug-likeness (QED) is 0.786. The second-order valence-corrected chi connectivity index (χ2v) is 4.21. The van der Waals surface area contributed by atoms with Gasteiger partial charge in [-0.1, -0.05) is 30.3 Å². The monoisotopic (exact) mass is 256 g/mol. The van der Waals surface area contributed by atoms with Gasteiger partial charge in [0.15, 0.2) is 5.78 Å². The van der Waals surface area contributed by atoms with Gasteiger partial charge in [-0.3, -0.25) is 4.79 Å². The highest BCUT2D eigenvalue weighted by Crippen LogP contribution is 2.32. The highest BCUT2D eigenvalue weighted by atomic mass is 16.7. The Bertz CT molecular complexity index is 621. The molecule has 1 N–H and O–H groups in total. The average molecular weight is 256 g/mol. The summed E-state index contributed by atoms with van der Waals surface area (Å²) in [6.45, 7) is -0.00593. The molecule has 19 heavy (non-hydrogen) atoms. The van der Waals surface area contributed by atoms with E-state index in [1.165, 1.54) is 0 Å². The smallest absolute Gasteiger partial charge is 0.230 e. The predicted molar refractivity (Wildman–Crippen MR) is 68.3 cm³/mol. The summed E-state index contributed by atoms with van der Waals surface area (Å²) in [6.07, 6.45) is -1.25. The van der Waals surface area contributed by atoms with Crippen molar-refractivity contribution in [3.05, 3.63) is 59.7 Å². The van der Waals surface area contributed by atoms with Crippen molar-refractivity contribution >= 4 is 5.78 Å². The first-order chi connectivity index (χ1) is 9.27. The van der Waals surface area contributed by atoms with E-state index in [0.717, 1.165) is 0 Å². The molecule has 1 aliphatic rings. The molecule has 0 bridgehead atoms. The normalized spacial score (nSPS) is 17.9. The Labute approximate surface area is 110 Å². The van der Waals surface area contributed by atoms with E-state index in [4.69, 9.17) is 9.47 Å². The summed E-state index contributed by atoms with van der Waals surface area (Å²) in [4.78, 5) is 12.3. The van der Waals surface area contributed by atoms with Crippen LogP contribution in [0.2, 0.25) is 0 Å². The molecule has 0 radical (unpaired) electrons. The summed E-state index contributed by atoms with van der Waals surface area (Å²) >= 11 is 0. The molecule has 1 aliphatic heterocycles. The van der Waals surface area contributed by atoms with E-state index in [0.29, 0.717) is 22.6 Å². The number of fused-ring (bicyclic) bond motifs is 2. The topological polar surface area (TPSA) is 55.8 Å². The van der Waals surface area contributed by atoms with Gasteiger partial charge in [0.1, 0.15) is 17.6 Å². The number of ether oxygens (including phenoxy) is 2. The highest BCUT2D eigenvalue weighted by molar-refractivity contribution is 6.02. The maximum Gasteiger partial charge on any atom is 0.230 e. The zero-order valence-electron chi connectivity index (χ0n) is 10.1. The van der Waals surface area contributed by atoms with E-state index in [9.17, 15) is 9.90 Å². The largest absolute Gasteiger partial charge is 0.457 e. The molecule has 1 atom stereocenters. The van der Waals surface area contributed by atoms with Crippen LogP contribution in [0.1, 0.15) is 22.0 Å². The summed E-state index contributed by atoms with van der Waals surface area (Å²) in [5.41, 5.74) is 0.808.